The van der Waals surface area contributed by atoms with E-state index in [1.165, 1.54) is 18.6 Å². The smallest absolute Gasteiger partial charge is 0.267 e. The van der Waals surface area contributed by atoms with E-state index in [4.69, 9.17) is 23.2 Å². The number of carbonyl (C=O) groups is 1. The zero-order valence-electron chi connectivity index (χ0n) is 9.68. The van der Waals surface area contributed by atoms with Gasteiger partial charge in [0.05, 0.1) is 16.3 Å². The summed E-state index contributed by atoms with van der Waals surface area (Å²) in [6, 6.07) is 8.30. The van der Waals surface area contributed by atoms with Gasteiger partial charge in [0.25, 0.3) is 5.91 Å². The summed E-state index contributed by atoms with van der Waals surface area (Å²) in [6.45, 7) is 0. The highest BCUT2D eigenvalue weighted by molar-refractivity contribution is 6.38. The van der Waals surface area contributed by atoms with Crippen LogP contribution in [0.5, 0.6) is 0 Å². The van der Waals surface area contributed by atoms with Crippen LogP contribution in [-0.2, 0) is 0 Å². The molecule has 6 heteroatoms. The number of hydrazone groups is 1. The number of nitrogens with one attached hydrogen (secondary N) is 1. The van der Waals surface area contributed by atoms with Gasteiger partial charge in [0.15, 0.2) is 0 Å². The van der Waals surface area contributed by atoms with Crippen molar-refractivity contribution in [2.45, 2.75) is 0 Å². The topological polar surface area (TPSA) is 54.4 Å². The van der Waals surface area contributed by atoms with Crippen LogP contribution >= 0.6 is 23.2 Å². The molecular weight excluding hydrogens is 285 g/mol. The Balaban J connectivity index is 2.07. The van der Waals surface area contributed by atoms with Gasteiger partial charge in [0, 0.05) is 23.5 Å². The number of rotatable bonds is 3. The van der Waals surface area contributed by atoms with Crippen molar-refractivity contribution in [2.75, 3.05) is 0 Å². The molecule has 0 unspecified atom stereocenters. The third-order valence-corrected chi connectivity index (χ3v) is 2.96. The van der Waals surface area contributed by atoms with Gasteiger partial charge in [-0.05, 0) is 24.3 Å². The van der Waals surface area contributed by atoms with Crippen LogP contribution in [0.4, 0.5) is 0 Å². The average Bonchev–Trinajstić information content (AvgIpc) is 2.43. The van der Waals surface area contributed by atoms with Crippen LogP contribution in [0.3, 0.4) is 0 Å². The molecule has 19 heavy (non-hydrogen) atoms. The zero-order valence-corrected chi connectivity index (χ0v) is 11.2. The van der Waals surface area contributed by atoms with Crippen LogP contribution in [-0.4, -0.2) is 17.1 Å². The van der Waals surface area contributed by atoms with E-state index in [0.717, 1.165) is 0 Å². The van der Waals surface area contributed by atoms with Crippen molar-refractivity contribution in [3.8, 4) is 0 Å². The lowest BCUT2D eigenvalue weighted by molar-refractivity contribution is 0.0955. The van der Waals surface area contributed by atoms with E-state index >= 15 is 0 Å². The molecule has 0 saturated carbocycles. The fraction of sp³-hybridized carbons (Fsp3) is 0. The van der Waals surface area contributed by atoms with Crippen LogP contribution in [0.25, 0.3) is 0 Å². The van der Waals surface area contributed by atoms with Gasteiger partial charge in [-0.3, -0.25) is 9.78 Å². The predicted molar refractivity (Wildman–Crippen MR) is 75.8 cm³/mol. The summed E-state index contributed by atoms with van der Waals surface area (Å²) >= 11 is 11.9. The third kappa shape index (κ3) is 3.53. The second-order valence-corrected chi connectivity index (χ2v) is 4.38. The molecule has 0 aliphatic carbocycles. The standard InChI is InChI=1S/C13H9Cl2N3O/c14-11-2-1-3-12(15)10(11)8-17-18-13(19)9-4-6-16-7-5-9/h1-8H,(H,18,19). The first-order valence-corrected chi connectivity index (χ1v) is 6.11. The number of nitrogens with zero attached hydrogens (tertiary/aromatic N) is 2. The Labute approximate surface area is 120 Å². The van der Waals surface area contributed by atoms with Crippen LogP contribution in [0.1, 0.15) is 15.9 Å². The number of benzene rings is 1. The minimum Gasteiger partial charge on any atom is -0.267 e. The lowest BCUT2D eigenvalue weighted by Gasteiger charge is -2.01. The fourth-order valence-corrected chi connectivity index (χ4v) is 1.85. The van der Waals surface area contributed by atoms with E-state index in [1.807, 2.05) is 0 Å². The summed E-state index contributed by atoms with van der Waals surface area (Å²) in [5.74, 6) is -0.332. The summed E-state index contributed by atoms with van der Waals surface area (Å²) in [5, 5.41) is 4.76. The van der Waals surface area contributed by atoms with Crippen LogP contribution in [0, 0.1) is 0 Å². The molecule has 0 aliphatic heterocycles. The molecule has 0 radical (unpaired) electrons. The minimum atomic E-state index is -0.332. The van der Waals surface area contributed by atoms with Crippen molar-refractivity contribution < 1.29 is 4.79 Å². The van der Waals surface area contributed by atoms with Gasteiger partial charge < -0.3 is 0 Å². The number of halogens is 2. The molecule has 0 spiro atoms. The first-order valence-electron chi connectivity index (χ1n) is 5.36. The molecule has 1 heterocycles. The molecule has 1 amide bonds. The Morgan fingerprint density at radius 1 is 1.16 bits per heavy atom. The summed E-state index contributed by atoms with van der Waals surface area (Å²) < 4.78 is 0. The number of hydrogen-bond acceptors (Lipinski definition) is 3. The molecule has 2 aromatic rings. The van der Waals surface area contributed by atoms with E-state index in [9.17, 15) is 4.79 Å². The summed E-state index contributed by atoms with van der Waals surface area (Å²) in [6.07, 6.45) is 4.47. The van der Waals surface area contributed by atoms with Crippen LogP contribution < -0.4 is 5.43 Å². The number of hydrogen-bond donors (Lipinski definition) is 1. The molecule has 4 nitrogen and oxygen atoms in total. The van der Waals surface area contributed by atoms with Crippen LogP contribution in [0.15, 0.2) is 47.8 Å². The zero-order chi connectivity index (χ0) is 13.7. The van der Waals surface area contributed by atoms with Crippen molar-refractivity contribution in [3.63, 3.8) is 0 Å². The Kier molecular flexibility index (Phi) is 4.49. The molecule has 2 rings (SSSR count). The number of aromatic nitrogens is 1. The Hall–Kier alpha value is -1.91. The van der Waals surface area contributed by atoms with E-state index in [2.05, 4.69) is 15.5 Å². The average molecular weight is 294 g/mol. The van der Waals surface area contributed by atoms with Crippen molar-refractivity contribution in [1.29, 1.82) is 0 Å². The second-order valence-electron chi connectivity index (χ2n) is 3.57. The van der Waals surface area contributed by atoms with Gasteiger partial charge in [-0.15, -0.1) is 0 Å². The maximum Gasteiger partial charge on any atom is 0.271 e. The lowest BCUT2D eigenvalue weighted by Crippen LogP contribution is -2.17. The molecule has 1 N–H and O–H groups in total. The van der Waals surface area contributed by atoms with Crippen molar-refractivity contribution in [1.82, 2.24) is 10.4 Å². The molecule has 1 aromatic carbocycles. The van der Waals surface area contributed by atoms with Gasteiger partial charge in [-0.1, -0.05) is 29.3 Å². The highest BCUT2D eigenvalue weighted by atomic mass is 35.5. The van der Waals surface area contributed by atoms with Gasteiger partial charge in [-0.2, -0.15) is 5.10 Å². The minimum absolute atomic E-state index is 0.332. The molecular formula is C13H9Cl2N3O. The Bertz CT molecular complexity index is 594. The molecule has 0 fully saturated rings. The highest BCUT2D eigenvalue weighted by Gasteiger charge is 2.04. The maximum absolute atomic E-state index is 11.7. The number of amides is 1. The van der Waals surface area contributed by atoms with Gasteiger partial charge in [0.2, 0.25) is 0 Å². The quantitative estimate of drug-likeness (QED) is 0.698. The molecule has 96 valence electrons. The molecule has 0 atom stereocenters. The Morgan fingerprint density at radius 2 is 1.79 bits per heavy atom. The molecule has 1 aromatic heterocycles. The van der Waals surface area contributed by atoms with E-state index < -0.39 is 0 Å². The monoisotopic (exact) mass is 293 g/mol. The Morgan fingerprint density at radius 3 is 2.42 bits per heavy atom. The number of pyridine rings is 1. The van der Waals surface area contributed by atoms with Gasteiger partial charge >= 0.3 is 0 Å². The molecule has 0 aliphatic rings. The molecule has 0 saturated heterocycles. The summed E-state index contributed by atoms with van der Waals surface area (Å²) in [5.41, 5.74) is 3.41. The van der Waals surface area contributed by atoms with Gasteiger partial charge in [-0.25, -0.2) is 5.43 Å². The van der Waals surface area contributed by atoms with E-state index in [0.29, 0.717) is 21.2 Å². The van der Waals surface area contributed by atoms with E-state index in [-0.39, 0.29) is 5.91 Å². The SMILES string of the molecule is O=C(NN=Cc1c(Cl)cccc1Cl)c1ccncc1. The maximum atomic E-state index is 11.7. The lowest BCUT2D eigenvalue weighted by atomic mass is 10.2. The van der Waals surface area contributed by atoms with Crippen molar-refractivity contribution in [3.05, 3.63) is 63.9 Å². The van der Waals surface area contributed by atoms with Crippen molar-refractivity contribution in [2.24, 2.45) is 5.10 Å². The highest BCUT2D eigenvalue weighted by Crippen LogP contribution is 2.21. The van der Waals surface area contributed by atoms with Crippen LogP contribution in [0.2, 0.25) is 10.0 Å². The second kappa shape index (κ2) is 6.31. The summed E-state index contributed by atoms with van der Waals surface area (Å²) in [7, 11) is 0. The van der Waals surface area contributed by atoms with Gasteiger partial charge in [0.1, 0.15) is 0 Å². The normalized spacial score (nSPS) is 10.6. The fourth-order valence-electron chi connectivity index (χ4n) is 1.36. The van der Waals surface area contributed by atoms with E-state index in [1.54, 1.807) is 30.3 Å². The molecule has 0 bridgehead atoms. The predicted octanol–water partition coefficient (Wildman–Crippen LogP) is 3.15. The first kappa shape index (κ1) is 13.5. The third-order valence-electron chi connectivity index (χ3n) is 2.30. The first-order chi connectivity index (χ1) is 9.18. The summed E-state index contributed by atoms with van der Waals surface area (Å²) in [4.78, 5) is 15.5. The van der Waals surface area contributed by atoms with Crippen molar-refractivity contribution >= 4 is 35.3 Å². The largest absolute Gasteiger partial charge is 0.271 e. The number of carbonyl (C=O) groups excluding carboxylic acids is 1.